The van der Waals surface area contributed by atoms with Crippen LogP contribution in [-0.4, -0.2) is 29.7 Å². The molecule has 94 valence electrons. The first-order valence-electron chi connectivity index (χ1n) is 6.73. The van der Waals surface area contributed by atoms with Gasteiger partial charge in [0.25, 0.3) is 0 Å². The van der Waals surface area contributed by atoms with Gasteiger partial charge in [0.15, 0.2) is 0 Å². The molecule has 1 fully saturated rings. The van der Waals surface area contributed by atoms with E-state index in [1.165, 1.54) is 29.2 Å². The summed E-state index contributed by atoms with van der Waals surface area (Å²) >= 11 is 0. The molecule has 0 aromatic heterocycles. The third kappa shape index (κ3) is 2.02. The molecule has 1 N–H and O–H groups in total. The van der Waals surface area contributed by atoms with Gasteiger partial charge in [0.05, 0.1) is 12.6 Å². The fraction of sp³-hybridized carbons (Fsp3) is 0.375. The van der Waals surface area contributed by atoms with Gasteiger partial charge in [0.1, 0.15) is 0 Å². The minimum Gasteiger partial charge on any atom is -0.394 e. The van der Waals surface area contributed by atoms with E-state index in [0.29, 0.717) is 0 Å². The molecule has 0 radical (unpaired) electrons. The molecule has 0 spiro atoms. The van der Waals surface area contributed by atoms with Crippen LogP contribution in [0.5, 0.6) is 0 Å². The highest BCUT2D eigenvalue weighted by Crippen LogP contribution is 2.30. The minimum absolute atomic E-state index is 0.151. The number of hydrogen-bond acceptors (Lipinski definition) is 2. The average Bonchev–Trinajstić information content (AvgIpc) is 2.94. The van der Waals surface area contributed by atoms with Gasteiger partial charge in [-0.15, -0.1) is 0 Å². The van der Waals surface area contributed by atoms with E-state index >= 15 is 0 Å². The summed E-state index contributed by atoms with van der Waals surface area (Å²) in [6, 6.07) is 15.0. The molecule has 1 aliphatic rings. The molecule has 1 saturated heterocycles. The van der Waals surface area contributed by atoms with Gasteiger partial charge in [-0.1, -0.05) is 42.5 Å². The lowest BCUT2D eigenvalue weighted by atomic mass is 9.98. The summed E-state index contributed by atoms with van der Waals surface area (Å²) < 4.78 is 0. The lowest BCUT2D eigenvalue weighted by Gasteiger charge is -2.27. The van der Waals surface area contributed by atoms with Gasteiger partial charge in [-0.25, -0.2) is 0 Å². The van der Waals surface area contributed by atoms with Crippen molar-refractivity contribution in [3.63, 3.8) is 0 Å². The predicted molar refractivity (Wildman–Crippen MR) is 74.6 cm³/mol. The average molecular weight is 241 g/mol. The quantitative estimate of drug-likeness (QED) is 0.893. The van der Waals surface area contributed by atoms with Gasteiger partial charge in [-0.3, -0.25) is 4.90 Å². The molecule has 2 heteroatoms. The van der Waals surface area contributed by atoms with Crippen LogP contribution < -0.4 is 0 Å². The van der Waals surface area contributed by atoms with Crippen molar-refractivity contribution in [3.8, 4) is 0 Å². The molecule has 2 nitrogen and oxygen atoms in total. The molecule has 0 saturated carbocycles. The molecule has 3 rings (SSSR count). The van der Waals surface area contributed by atoms with Crippen LogP contribution in [0.4, 0.5) is 0 Å². The van der Waals surface area contributed by atoms with Gasteiger partial charge < -0.3 is 5.11 Å². The number of aliphatic hydroxyl groups excluding tert-OH is 1. The number of aliphatic hydroxyl groups is 1. The van der Waals surface area contributed by atoms with Crippen molar-refractivity contribution in [1.29, 1.82) is 0 Å². The second kappa shape index (κ2) is 5.09. The van der Waals surface area contributed by atoms with Crippen LogP contribution in [-0.2, 0) is 0 Å². The number of likely N-dealkylation sites (tertiary alicyclic amines) is 1. The zero-order valence-corrected chi connectivity index (χ0v) is 10.5. The Morgan fingerprint density at radius 2 is 1.72 bits per heavy atom. The lowest BCUT2D eigenvalue weighted by Crippen LogP contribution is -2.28. The van der Waals surface area contributed by atoms with E-state index < -0.39 is 0 Å². The first-order chi connectivity index (χ1) is 8.90. The smallest absolute Gasteiger partial charge is 0.0628 e. The normalized spacial score (nSPS) is 18.3. The van der Waals surface area contributed by atoms with Crippen LogP contribution >= 0.6 is 0 Å². The number of rotatable bonds is 3. The van der Waals surface area contributed by atoms with Crippen molar-refractivity contribution in [3.05, 3.63) is 48.0 Å². The summed E-state index contributed by atoms with van der Waals surface area (Å²) in [6.45, 7) is 2.41. The largest absolute Gasteiger partial charge is 0.394 e. The van der Waals surface area contributed by atoms with E-state index in [1.54, 1.807) is 0 Å². The van der Waals surface area contributed by atoms with E-state index in [-0.39, 0.29) is 12.6 Å². The first kappa shape index (κ1) is 11.7. The highest BCUT2D eigenvalue weighted by Gasteiger charge is 2.23. The molecule has 1 heterocycles. The number of benzene rings is 2. The third-order valence-electron chi connectivity index (χ3n) is 3.94. The van der Waals surface area contributed by atoms with Crippen molar-refractivity contribution >= 4 is 10.8 Å². The van der Waals surface area contributed by atoms with Crippen molar-refractivity contribution in [2.24, 2.45) is 0 Å². The minimum atomic E-state index is 0.151. The molecule has 0 amide bonds. The van der Waals surface area contributed by atoms with Crippen molar-refractivity contribution in [1.82, 2.24) is 4.90 Å². The van der Waals surface area contributed by atoms with Crippen LogP contribution in [0.25, 0.3) is 10.8 Å². The molecule has 18 heavy (non-hydrogen) atoms. The second-order valence-corrected chi connectivity index (χ2v) is 5.01. The molecule has 1 atom stereocenters. The SMILES string of the molecule is OCC(c1cccc2ccccc12)N1CCCC1. The zero-order chi connectivity index (χ0) is 12.4. The summed E-state index contributed by atoms with van der Waals surface area (Å²) in [5, 5.41) is 12.3. The van der Waals surface area contributed by atoms with E-state index in [1.807, 2.05) is 0 Å². The van der Waals surface area contributed by atoms with E-state index in [2.05, 4.69) is 47.4 Å². The van der Waals surface area contributed by atoms with Crippen LogP contribution in [0.3, 0.4) is 0 Å². The zero-order valence-electron chi connectivity index (χ0n) is 10.5. The van der Waals surface area contributed by atoms with Crippen LogP contribution in [0.15, 0.2) is 42.5 Å². The Bertz CT molecular complexity index is 526. The first-order valence-corrected chi connectivity index (χ1v) is 6.73. The Kier molecular flexibility index (Phi) is 3.31. The Morgan fingerprint density at radius 3 is 2.50 bits per heavy atom. The fourth-order valence-electron chi connectivity index (χ4n) is 3.00. The highest BCUT2D eigenvalue weighted by molar-refractivity contribution is 5.86. The van der Waals surface area contributed by atoms with Gasteiger partial charge in [-0.05, 0) is 42.3 Å². The van der Waals surface area contributed by atoms with Crippen LogP contribution in [0.1, 0.15) is 24.4 Å². The van der Waals surface area contributed by atoms with Crippen molar-refractivity contribution in [2.45, 2.75) is 18.9 Å². The maximum Gasteiger partial charge on any atom is 0.0628 e. The lowest BCUT2D eigenvalue weighted by molar-refractivity contribution is 0.148. The monoisotopic (exact) mass is 241 g/mol. The highest BCUT2D eigenvalue weighted by atomic mass is 16.3. The van der Waals surface area contributed by atoms with E-state index in [9.17, 15) is 5.11 Å². The fourth-order valence-corrected chi connectivity index (χ4v) is 3.00. The number of nitrogens with zero attached hydrogens (tertiary/aromatic N) is 1. The summed E-state index contributed by atoms with van der Waals surface area (Å²) in [7, 11) is 0. The molecule has 1 aliphatic heterocycles. The molecular weight excluding hydrogens is 222 g/mol. The summed E-state index contributed by atoms with van der Waals surface area (Å²) in [5.41, 5.74) is 1.26. The van der Waals surface area contributed by atoms with Crippen LogP contribution in [0.2, 0.25) is 0 Å². The van der Waals surface area contributed by atoms with E-state index in [0.717, 1.165) is 13.1 Å². The number of fused-ring (bicyclic) bond motifs is 1. The molecule has 0 bridgehead atoms. The summed E-state index contributed by atoms with van der Waals surface area (Å²) in [6.07, 6.45) is 2.50. The maximum absolute atomic E-state index is 9.76. The standard InChI is InChI=1S/C16H19NO/c18-12-16(17-10-3-4-11-17)15-9-5-7-13-6-1-2-8-14(13)15/h1-2,5-9,16,18H,3-4,10-12H2. The van der Waals surface area contributed by atoms with Gasteiger partial charge in [0.2, 0.25) is 0 Å². The Hall–Kier alpha value is -1.38. The van der Waals surface area contributed by atoms with Gasteiger partial charge in [0, 0.05) is 0 Å². The second-order valence-electron chi connectivity index (χ2n) is 5.01. The topological polar surface area (TPSA) is 23.5 Å². The van der Waals surface area contributed by atoms with Crippen LogP contribution in [0, 0.1) is 0 Å². The van der Waals surface area contributed by atoms with Crippen molar-refractivity contribution < 1.29 is 5.11 Å². The molecule has 0 aliphatic carbocycles. The molecular formula is C16H19NO. The van der Waals surface area contributed by atoms with E-state index in [4.69, 9.17) is 0 Å². The predicted octanol–water partition coefficient (Wildman–Crippen LogP) is 2.97. The Morgan fingerprint density at radius 1 is 1.00 bits per heavy atom. The Labute approximate surface area is 108 Å². The molecule has 2 aromatic carbocycles. The van der Waals surface area contributed by atoms with Gasteiger partial charge >= 0.3 is 0 Å². The maximum atomic E-state index is 9.76. The van der Waals surface area contributed by atoms with Crippen molar-refractivity contribution in [2.75, 3.05) is 19.7 Å². The number of hydrogen-bond donors (Lipinski definition) is 1. The molecule has 1 unspecified atom stereocenters. The summed E-state index contributed by atoms with van der Waals surface area (Å²) in [5.74, 6) is 0. The van der Waals surface area contributed by atoms with Gasteiger partial charge in [-0.2, -0.15) is 0 Å². The third-order valence-corrected chi connectivity index (χ3v) is 3.94. The Balaban J connectivity index is 2.06. The molecule has 2 aromatic rings. The summed E-state index contributed by atoms with van der Waals surface area (Å²) in [4.78, 5) is 2.40.